The van der Waals surface area contributed by atoms with Crippen molar-refractivity contribution in [2.45, 2.75) is 6.18 Å². The Labute approximate surface area is 150 Å². The molecule has 0 radical (unpaired) electrons. The van der Waals surface area contributed by atoms with Gasteiger partial charge in [0.1, 0.15) is 22.9 Å². The SMILES string of the molecule is COC(=O)C1=C(C(=O)OC)N(c2cc(F)cc(F)c2C(F)(F)F)C=CC=C1. The van der Waals surface area contributed by atoms with E-state index in [0.717, 1.165) is 26.5 Å². The predicted molar refractivity (Wildman–Crippen MR) is 83.2 cm³/mol. The van der Waals surface area contributed by atoms with E-state index in [1.807, 2.05) is 0 Å². The van der Waals surface area contributed by atoms with E-state index in [-0.39, 0.29) is 6.07 Å². The molecule has 0 unspecified atom stereocenters. The molecule has 1 aromatic rings. The topological polar surface area (TPSA) is 55.8 Å². The van der Waals surface area contributed by atoms with Crippen molar-refractivity contribution in [2.75, 3.05) is 19.1 Å². The highest BCUT2D eigenvalue weighted by atomic mass is 19.4. The second-order valence-corrected chi connectivity index (χ2v) is 5.10. The lowest BCUT2D eigenvalue weighted by molar-refractivity contribution is -0.140. The van der Waals surface area contributed by atoms with Crippen LogP contribution >= 0.6 is 0 Å². The number of hydrogen-bond donors (Lipinski definition) is 0. The van der Waals surface area contributed by atoms with E-state index in [0.29, 0.717) is 11.0 Å². The Morgan fingerprint density at radius 3 is 2.19 bits per heavy atom. The van der Waals surface area contributed by atoms with Gasteiger partial charge < -0.3 is 14.4 Å². The van der Waals surface area contributed by atoms with Gasteiger partial charge >= 0.3 is 18.1 Å². The van der Waals surface area contributed by atoms with Crippen molar-refractivity contribution in [2.24, 2.45) is 0 Å². The number of esters is 2. The lowest BCUT2D eigenvalue weighted by Crippen LogP contribution is -2.29. The normalized spacial score (nSPS) is 14.3. The van der Waals surface area contributed by atoms with Crippen LogP contribution in [0.25, 0.3) is 0 Å². The first-order valence-electron chi connectivity index (χ1n) is 7.23. The van der Waals surface area contributed by atoms with Gasteiger partial charge in [0.15, 0.2) is 0 Å². The van der Waals surface area contributed by atoms with Crippen LogP contribution in [-0.4, -0.2) is 26.2 Å². The van der Waals surface area contributed by atoms with Gasteiger partial charge in [0.2, 0.25) is 0 Å². The van der Waals surface area contributed by atoms with Gasteiger partial charge in [0.25, 0.3) is 0 Å². The lowest BCUT2D eigenvalue weighted by atomic mass is 10.1. The molecule has 1 aromatic carbocycles. The fraction of sp³-hybridized carbons (Fsp3) is 0.176. The Hall–Kier alpha value is -3.17. The molecule has 0 saturated heterocycles. The Kier molecular flexibility index (Phi) is 5.67. The third kappa shape index (κ3) is 3.99. The number of methoxy groups -OCH3 is 2. The lowest BCUT2D eigenvalue weighted by Gasteiger charge is -2.26. The van der Waals surface area contributed by atoms with Crippen molar-refractivity contribution in [1.82, 2.24) is 0 Å². The first kappa shape index (κ1) is 20.1. The molecular weight excluding hydrogens is 377 g/mol. The van der Waals surface area contributed by atoms with Crippen molar-refractivity contribution in [3.8, 4) is 0 Å². The molecule has 0 bridgehead atoms. The number of rotatable bonds is 3. The van der Waals surface area contributed by atoms with E-state index in [1.54, 1.807) is 0 Å². The molecule has 1 aliphatic rings. The summed E-state index contributed by atoms with van der Waals surface area (Å²) in [6, 6.07) is 0.453. The van der Waals surface area contributed by atoms with Crippen LogP contribution in [0.2, 0.25) is 0 Å². The van der Waals surface area contributed by atoms with E-state index in [4.69, 9.17) is 0 Å². The van der Waals surface area contributed by atoms with Gasteiger partial charge in [0.05, 0.1) is 25.5 Å². The Morgan fingerprint density at radius 2 is 1.63 bits per heavy atom. The Balaban J connectivity index is 2.87. The molecule has 27 heavy (non-hydrogen) atoms. The number of allylic oxidation sites excluding steroid dienone is 2. The summed E-state index contributed by atoms with van der Waals surface area (Å²) in [4.78, 5) is 24.7. The molecule has 0 fully saturated rings. The first-order valence-corrected chi connectivity index (χ1v) is 7.23. The third-order valence-corrected chi connectivity index (χ3v) is 3.47. The number of hydrogen-bond acceptors (Lipinski definition) is 5. The molecule has 0 saturated carbocycles. The summed E-state index contributed by atoms with van der Waals surface area (Å²) in [7, 11) is 1.92. The first-order chi connectivity index (χ1) is 12.6. The monoisotopic (exact) mass is 389 g/mol. The van der Waals surface area contributed by atoms with Crippen LogP contribution in [0.5, 0.6) is 0 Å². The highest BCUT2D eigenvalue weighted by molar-refractivity contribution is 6.05. The number of nitrogens with zero attached hydrogens (tertiary/aromatic N) is 1. The van der Waals surface area contributed by atoms with Crippen LogP contribution in [0, 0.1) is 11.6 Å². The molecule has 2 rings (SSSR count). The smallest absolute Gasteiger partial charge is 0.421 e. The van der Waals surface area contributed by atoms with Crippen LogP contribution in [0.15, 0.2) is 47.8 Å². The summed E-state index contributed by atoms with van der Waals surface area (Å²) in [5, 5.41) is 0. The molecule has 10 heteroatoms. The van der Waals surface area contributed by atoms with Gasteiger partial charge in [-0.05, 0) is 18.2 Å². The van der Waals surface area contributed by atoms with E-state index < -0.39 is 52.3 Å². The maximum Gasteiger partial charge on any atom is 0.421 e. The molecule has 144 valence electrons. The number of benzene rings is 1. The molecule has 0 amide bonds. The average molecular weight is 389 g/mol. The number of alkyl halides is 3. The minimum Gasteiger partial charge on any atom is -0.465 e. The van der Waals surface area contributed by atoms with Gasteiger partial charge in [-0.2, -0.15) is 13.2 Å². The summed E-state index contributed by atoms with van der Waals surface area (Å²) in [5.41, 5.74) is -4.03. The van der Waals surface area contributed by atoms with Gasteiger partial charge in [-0.3, -0.25) is 0 Å². The summed E-state index contributed by atoms with van der Waals surface area (Å²) >= 11 is 0. The third-order valence-electron chi connectivity index (χ3n) is 3.47. The van der Waals surface area contributed by atoms with Crippen molar-refractivity contribution < 1.29 is 41.0 Å². The van der Waals surface area contributed by atoms with E-state index in [2.05, 4.69) is 9.47 Å². The number of anilines is 1. The van der Waals surface area contributed by atoms with Crippen LogP contribution in [0.1, 0.15) is 5.56 Å². The molecule has 0 spiro atoms. The van der Waals surface area contributed by atoms with E-state index in [1.165, 1.54) is 12.2 Å². The molecule has 0 atom stereocenters. The molecule has 0 aromatic heterocycles. The predicted octanol–water partition coefficient (Wildman–Crippen LogP) is 3.47. The Morgan fingerprint density at radius 1 is 1.00 bits per heavy atom. The van der Waals surface area contributed by atoms with Crippen LogP contribution in [0.4, 0.5) is 27.6 Å². The van der Waals surface area contributed by atoms with Gasteiger partial charge in [-0.25, -0.2) is 18.4 Å². The van der Waals surface area contributed by atoms with Crippen molar-refractivity contribution in [1.29, 1.82) is 0 Å². The maximum atomic E-state index is 13.9. The maximum absolute atomic E-state index is 13.9. The number of carbonyl (C=O) groups excluding carboxylic acids is 2. The molecule has 1 aliphatic heterocycles. The van der Waals surface area contributed by atoms with Gasteiger partial charge in [0, 0.05) is 12.3 Å². The van der Waals surface area contributed by atoms with E-state index >= 15 is 0 Å². The molecule has 0 aliphatic carbocycles. The summed E-state index contributed by atoms with van der Waals surface area (Å²) < 4.78 is 76.8. The standard InChI is InChI=1S/C17H12F5NO4/c1-26-15(24)10-5-3-4-6-23(14(10)16(25)27-2)12-8-9(18)7-11(19)13(12)17(20,21)22/h3-8H,1-2H3. The van der Waals surface area contributed by atoms with E-state index in [9.17, 15) is 31.5 Å². The zero-order valence-electron chi connectivity index (χ0n) is 13.9. The highest BCUT2D eigenvalue weighted by Crippen LogP contribution is 2.41. The summed E-state index contributed by atoms with van der Waals surface area (Å²) in [5.74, 6) is -5.48. The number of ether oxygens (including phenoxy) is 2. The fourth-order valence-corrected chi connectivity index (χ4v) is 2.38. The largest absolute Gasteiger partial charge is 0.465 e. The number of halogens is 5. The van der Waals surface area contributed by atoms with Crippen molar-refractivity contribution >= 4 is 17.6 Å². The molecule has 1 heterocycles. The van der Waals surface area contributed by atoms with Crippen LogP contribution in [-0.2, 0) is 25.2 Å². The quantitative estimate of drug-likeness (QED) is 0.585. The molecule has 0 N–H and O–H groups in total. The minimum atomic E-state index is -5.21. The fourth-order valence-electron chi connectivity index (χ4n) is 2.38. The highest BCUT2D eigenvalue weighted by Gasteiger charge is 2.40. The molecule has 5 nitrogen and oxygen atoms in total. The average Bonchev–Trinajstić information content (AvgIpc) is 2.81. The van der Waals surface area contributed by atoms with Crippen molar-refractivity contribution in [3.05, 3.63) is 65.0 Å². The zero-order chi connectivity index (χ0) is 20.4. The minimum absolute atomic E-state index is 0.0643. The second-order valence-electron chi connectivity index (χ2n) is 5.10. The van der Waals surface area contributed by atoms with Crippen molar-refractivity contribution in [3.63, 3.8) is 0 Å². The van der Waals surface area contributed by atoms with Gasteiger partial charge in [-0.15, -0.1) is 0 Å². The Bertz CT molecular complexity index is 871. The van der Waals surface area contributed by atoms with Crippen LogP contribution in [0.3, 0.4) is 0 Å². The van der Waals surface area contributed by atoms with Gasteiger partial charge in [-0.1, -0.05) is 6.08 Å². The zero-order valence-corrected chi connectivity index (χ0v) is 13.9. The second kappa shape index (κ2) is 7.60. The molecular formula is C17H12F5NO4. The summed E-state index contributed by atoms with van der Waals surface area (Å²) in [6.07, 6.45) is -0.785. The number of carbonyl (C=O) groups is 2. The summed E-state index contributed by atoms with van der Waals surface area (Å²) in [6.45, 7) is 0. The van der Waals surface area contributed by atoms with Crippen LogP contribution < -0.4 is 4.90 Å².